The Morgan fingerprint density at radius 3 is 2.86 bits per heavy atom. The van der Waals surface area contributed by atoms with Crippen molar-refractivity contribution in [3.8, 4) is 0 Å². The van der Waals surface area contributed by atoms with Crippen LogP contribution in [-0.4, -0.2) is 17.7 Å². The zero-order valence-electron chi connectivity index (χ0n) is 8.41. The first kappa shape index (κ1) is 10.8. The highest BCUT2D eigenvalue weighted by molar-refractivity contribution is 5.82. The number of aliphatic carboxylic acids is 1. The van der Waals surface area contributed by atoms with E-state index in [1.165, 1.54) is 0 Å². The van der Waals surface area contributed by atoms with Gasteiger partial charge in [0.15, 0.2) is 0 Å². The molecule has 0 radical (unpaired) electrons. The molecule has 1 aliphatic rings. The van der Waals surface area contributed by atoms with Gasteiger partial charge >= 0.3 is 5.97 Å². The van der Waals surface area contributed by atoms with E-state index < -0.39 is 5.97 Å². The molecular formula is C10H15NO3. The first-order chi connectivity index (χ1) is 6.51. The van der Waals surface area contributed by atoms with Crippen molar-refractivity contribution in [1.82, 2.24) is 5.48 Å². The Balaban J connectivity index is 2.46. The molecule has 0 aromatic rings. The summed E-state index contributed by atoms with van der Waals surface area (Å²) in [5.41, 5.74) is 3.19. The molecular weight excluding hydrogens is 182 g/mol. The Morgan fingerprint density at radius 2 is 2.43 bits per heavy atom. The maximum atomic E-state index is 10.8. The lowest BCUT2D eigenvalue weighted by molar-refractivity contribution is -0.139. The zero-order chi connectivity index (χ0) is 10.8. The van der Waals surface area contributed by atoms with Crippen molar-refractivity contribution in [2.24, 2.45) is 11.3 Å². The fourth-order valence-electron chi connectivity index (χ4n) is 1.50. The summed E-state index contributed by atoms with van der Waals surface area (Å²) < 4.78 is 0. The fourth-order valence-corrected chi connectivity index (χ4v) is 1.50. The van der Waals surface area contributed by atoms with Gasteiger partial charge in [-0.3, -0.25) is 15.1 Å². The molecule has 1 atom stereocenters. The van der Waals surface area contributed by atoms with Crippen molar-refractivity contribution < 1.29 is 14.7 Å². The topological polar surface area (TPSA) is 58.6 Å². The molecule has 0 bridgehead atoms. The van der Waals surface area contributed by atoms with E-state index in [1.807, 2.05) is 13.8 Å². The number of carbonyl (C=O) groups is 1. The molecule has 4 heteroatoms. The summed E-state index contributed by atoms with van der Waals surface area (Å²) >= 11 is 0. The molecule has 0 unspecified atom stereocenters. The van der Waals surface area contributed by atoms with E-state index in [9.17, 15) is 4.79 Å². The first-order valence-electron chi connectivity index (χ1n) is 4.43. The Labute approximate surface area is 83.2 Å². The van der Waals surface area contributed by atoms with Crippen molar-refractivity contribution in [1.29, 1.82) is 0 Å². The van der Waals surface area contributed by atoms with Crippen LogP contribution in [0.1, 0.15) is 13.8 Å². The van der Waals surface area contributed by atoms with Crippen molar-refractivity contribution in [3.05, 3.63) is 24.4 Å². The molecule has 1 fully saturated rings. The van der Waals surface area contributed by atoms with Crippen LogP contribution < -0.4 is 5.48 Å². The standard InChI is InChI=1S/C10H15NO3/c1-4-5-14-11-6-7-8(9(12)13)10(7,2)3/h4,6,8,11H,1,5H2,2-3H3,(H,12,13)/t8-/m0/s1. The average molecular weight is 197 g/mol. The van der Waals surface area contributed by atoms with Gasteiger partial charge in [-0.1, -0.05) is 19.9 Å². The third-order valence-electron chi connectivity index (χ3n) is 2.44. The van der Waals surface area contributed by atoms with E-state index in [1.54, 1.807) is 12.3 Å². The van der Waals surface area contributed by atoms with Crippen LogP contribution >= 0.6 is 0 Å². The SMILES string of the molecule is C=CCONC=C1[C@@H](C(=O)O)C1(C)C. The van der Waals surface area contributed by atoms with Crippen molar-refractivity contribution >= 4 is 5.97 Å². The van der Waals surface area contributed by atoms with Gasteiger partial charge in [-0.05, 0) is 5.57 Å². The maximum Gasteiger partial charge on any atom is 0.311 e. The summed E-state index contributed by atoms with van der Waals surface area (Å²) in [6.45, 7) is 7.67. The summed E-state index contributed by atoms with van der Waals surface area (Å²) in [4.78, 5) is 15.7. The van der Waals surface area contributed by atoms with Crippen molar-refractivity contribution in [2.45, 2.75) is 13.8 Å². The Bertz CT molecular complexity index is 281. The molecule has 0 aliphatic heterocycles. The van der Waals surface area contributed by atoms with E-state index in [-0.39, 0.29) is 11.3 Å². The predicted octanol–water partition coefficient (Wildman–Crippen LogP) is 1.32. The Morgan fingerprint density at radius 1 is 1.79 bits per heavy atom. The van der Waals surface area contributed by atoms with E-state index in [0.29, 0.717) is 6.61 Å². The van der Waals surface area contributed by atoms with Gasteiger partial charge in [0, 0.05) is 11.6 Å². The van der Waals surface area contributed by atoms with Gasteiger partial charge in [0.2, 0.25) is 0 Å². The lowest BCUT2D eigenvalue weighted by atomic mass is 10.1. The number of hydrogen-bond acceptors (Lipinski definition) is 3. The second-order valence-electron chi connectivity index (χ2n) is 3.81. The van der Waals surface area contributed by atoms with Gasteiger partial charge in [-0.15, -0.1) is 6.58 Å². The molecule has 1 saturated carbocycles. The summed E-state index contributed by atoms with van der Waals surface area (Å²) in [5, 5.41) is 8.84. The minimum absolute atomic E-state index is 0.254. The van der Waals surface area contributed by atoms with Crippen LogP contribution in [0.25, 0.3) is 0 Å². The highest BCUT2D eigenvalue weighted by atomic mass is 16.6. The molecule has 0 aromatic heterocycles. The Hall–Kier alpha value is -1.29. The van der Waals surface area contributed by atoms with Gasteiger partial charge in [0.05, 0.1) is 12.5 Å². The third kappa shape index (κ3) is 1.96. The number of nitrogens with one attached hydrogen (secondary N) is 1. The molecule has 1 aliphatic carbocycles. The third-order valence-corrected chi connectivity index (χ3v) is 2.44. The average Bonchev–Trinajstić information content (AvgIpc) is 2.62. The zero-order valence-corrected chi connectivity index (χ0v) is 8.41. The van der Waals surface area contributed by atoms with Crippen molar-refractivity contribution in [3.63, 3.8) is 0 Å². The minimum atomic E-state index is -0.785. The summed E-state index contributed by atoms with van der Waals surface area (Å²) in [5.74, 6) is -1.17. The van der Waals surface area contributed by atoms with Crippen LogP contribution in [0.3, 0.4) is 0 Å². The predicted molar refractivity (Wildman–Crippen MR) is 52.3 cm³/mol. The highest BCUT2D eigenvalue weighted by Crippen LogP contribution is 2.57. The lowest BCUT2D eigenvalue weighted by Gasteiger charge is -1.97. The fraction of sp³-hybridized carbons (Fsp3) is 0.500. The lowest BCUT2D eigenvalue weighted by Crippen LogP contribution is -2.06. The number of rotatable bonds is 5. The van der Waals surface area contributed by atoms with Crippen LogP contribution in [-0.2, 0) is 9.63 Å². The molecule has 14 heavy (non-hydrogen) atoms. The normalized spacial score (nSPS) is 25.9. The number of hydrogen-bond donors (Lipinski definition) is 2. The van der Waals surface area contributed by atoms with Gasteiger partial charge in [0.25, 0.3) is 0 Å². The quantitative estimate of drug-likeness (QED) is 0.396. The molecule has 0 heterocycles. The van der Waals surface area contributed by atoms with Gasteiger partial charge in [0.1, 0.15) is 0 Å². The number of hydroxylamine groups is 1. The minimum Gasteiger partial charge on any atom is -0.481 e. The maximum absolute atomic E-state index is 10.8. The molecule has 0 saturated heterocycles. The summed E-state index contributed by atoms with van der Waals surface area (Å²) in [7, 11) is 0. The number of carboxylic acids is 1. The molecule has 0 amide bonds. The monoisotopic (exact) mass is 197 g/mol. The summed E-state index contributed by atoms with van der Waals surface area (Å²) in [6, 6.07) is 0. The van der Waals surface area contributed by atoms with Crippen LogP contribution in [0.2, 0.25) is 0 Å². The molecule has 2 N–H and O–H groups in total. The molecule has 78 valence electrons. The van der Waals surface area contributed by atoms with Crippen LogP contribution in [0.15, 0.2) is 24.4 Å². The number of carboxylic acid groups (broad SMARTS) is 1. The second kappa shape index (κ2) is 3.84. The Kier molecular flexibility index (Phi) is 2.96. The molecule has 1 rings (SSSR count). The first-order valence-corrected chi connectivity index (χ1v) is 4.43. The van der Waals surface area contributed by atoms with Crippen LogP contribution in [0.4, 0.5) is 0 Å². The van der Waals surface area contributed by atoms with Gasteiger partial charge < -0.3 is 5.11 Å². The second-order valence-corrected chi connectivity index (χ2v) is 3.81. The highest BCUT2D eigenvalue weighted by Gasteiger charge is 2.57. The van der Waals surface area contributed by atoms with Gasteiger partial charge in [-0.25, -0.2) is 0 Å². The van der Waals surface area contributed by atoms with Gasteiger partial charge in [-0.2, -0.15) is 0 Å². The molecule has 4 nitrogen and oxygen atoms in total. The largest absolute Gasteiger partial charge is 0.481 e. The smallest absolute Gasteiger partial charge is 0.311 e. The van der Waals surface area contributed by atoms with Crippen LogP contribution in [0, 0.1) is 11.3 Å². The van der Waals surface area contributed by atoms with E-state index in [4.69, 9.17) is 9.94 Å². The molecule has 0 aromatic carbocycles. The van der Waals surface area contributed by atoms with E-state index in [2.05, 4.69) is 12.1 Å². The van der Waals surface area contributed by atoms with E-state index >= 15 is 0 Å². The molecule has 0 spiro atoms. The van der Waals surface area contributed by atoms with Crippen molar-refractivity contribution in [2.75, 3.05) is 6.61 Å². The van der Waals surface area contributed by atoms with E-state index in [0.717, 1.165) is 5.57 Å². The summed E-state index contributed by atoms with van der Waals surface area (Å²) in [6.07, 6.45) is 3.22. The van der Waals surface area contributed by atoms with Crippen LogP contribution in [0.5, 0.6) is 0 Å².